The summed E-state index contributed by atoms with van der Waals surface area (Å²) in [6.45, 7) is 12.4. The van der Waals surface area contributed by atoms with E-state index in [1.807, 2.05) is 45.0 Å². The molecule has 0 radical (unpaired) electrons. The molecule has 0 bridgehead atoms. The Labute approximate surface area is 133 Å². The van der Waals surface area contributed by atoms with Crippen LogP contribution in [0.1, 0.15) is 46.2 Å². The average Bonchev–Trinajstić information content (AvgIpc) is 2.43. The second-order valence-electron chi connectivity index (χ2n) is 6.22. The van der Waals surface area contributed by atoms with Crippen molar-refractivity contribution >= 4 is 17.5 Å². The summed E-state index contributed by atoms with van der Waals surface area (Å²) in [5.74, 6) is 0.0618. The van der Waals surface area contributed by atoms with E-state index in [4.69, 9.17) is 11.6 Å². The predicted octanol–water partition coefficient (Wildman–Crippen LogP) is 3.89. The first-order valence-corrected chi connectivity index (χ1v) is 7.95. The summed E-state index contributed by atoms with van der Waals surface area (Å²) in [6, 6.07) is 7.95. The second kappa shape index (κ2) is 7.81. The van der Waals surface area contributed by atoms with Gasteiger partial charge in [-0.2, -0.15) is 0 Å². The van der Waals surface area contributed by atoms with E-state index in [0.29, 0.717) is 6.54 Å². The van der Waals surface area contributed by atoms with Crippen LogP contribution in [0.15, 0.2) is 24.3 Å². The molecule has 1 aromatic carbocycles. The van der Waals surface area contributed by atoms with Gasteiger partial charge in [0.15, 0.2) is 0 Å². The zero-order valence-electron chi connectivity index (χ0n) is 13.7. The number of halogens is 1. The minimum atomic E-state index is -0.381. The van der Waals surface area contributed by atoms with Gasteiger partial charge in [0, 0.05) is 17.0 Å². The minimum Gasteiger partial charge on any atom is -0.354 e. The van der Waals surface area contributed by atoms with Gasteiger partial charge in [-0.3, -0.25) is 9.69 Å². The van der Waals surface area contributed by atoms with Crippen molar-refractivity contribution in [3.8, 4) is 0 Å². The van der Waals surface area contributed by atoms with Gasteiger partial charge in [-0.25, -0.2) is 0 Å². The van der Waals surface area contributed by atoms with Gasteiger partial charge >= 0.3 is 0 Å². The largest absolute Gasteiger partial charge is 0.354 e. The fourth-order valence-electron chi connectivity index (χ4n) is 2.30. The molecular formula is C17H27ClN2O. The summed E-state index contributed by atoms with van der Waals surface area (Å²) < 4.78 is 0. The maximum atomic E-state index is 12.1. The molecular weight excluding hydrogens is 284 g/mol. The number of carbonyl (C=O) groups excluding carboxylic acids is 1. The number of carbonyl (C=O) groups is 1. The Hall–Kier alpha value is -1.06. The van der Waals surface area contributed by atoms with E-state index >= 15 is 0 Å². The van der Waals surface area contributed by atoms with E-state index in [1.54, 1.807) is 0 Å². The van der Waals surface area contributed by atoms with Crippen molar-refractivity contribution in [3.63, 3.8) is 0 Å². The first-order valence-electron chi connectivity index (χ1n) is 7.58. The molecule has 1 amide bonds. The zero-order chi connectivity index (χ0) is 16.0. The first kappa shape index (κ1) is 18.0. The molecule has 0 fully saturated rings. The summed E-state index contributed by atoms with van der Waals surface area (Å²) in [5, 5.41) is 3.81. The topological polar surface area (TPSA) is 32.3 Å². The Morgan fingerprint density at radius 3 is 2.29 bits per heavy atom. The molecule has 1 atom stereocenters. The SMILES string of the molecule is CCN(CC)C(CNC(=O)C(C)(C)C)c1ccccc1Cl. The van der Waals surface area contributed by atoms with Crippen LogP contribution >= 0.6 is 11.6 Å². The third kappa shape index (κ3) is 5.01. The van der Waals surface area contributed by atoms with Gasteiger partial charge in [-0.05, 0) is 24.7 Å². The van der Waals surface area contributed by atoms with Gasteiger partial charge in [0.1, 0.15) is 0 Å². The van der Waals surface area contributed by atoms with Crippen molar-refractivity contribution in [1.29, 1.82) is 0 Å². The molecule has 0 aliphatic heterocycles. The number of amides is 1. The third-order valence-electron chi connectivity index (χ3n) is 3.65. The van der Waals surface area contributed by atoms with Gasteiger partial charge in [-0.15, -0.1) is 0 Å². The second-order valence-corrected chi connectivity index (χ2v) is 6.63. The van der Waals surface area contributed by atoms with Gasteiger partial charge in [0.2, 0.25) is 5.91 Å². The molecule has 1 unspecified atom stereocenters. The lowest BCUT2D eigenvalue weighted by atomic mass is 9.95. The van der Waals surface area contributed by atoms with Crippen LogP contribution in [0.25, 0.3) is 0 Å². The third-order valence-corrected chi connectivity index (χ3v) is 4.00. The maximum Gasteiger partial charge on any atom is 0.225 e. The lowest BCUT2D eigenvalue weighted by Crippen LogP contribution is -2.42. The summed E-state index contributed by atoms with van der Waals surface area (Å²) in [5.41, 5.74) is 0.686. The molecule has 118 valence electrons. The number of hydrogen-bond donors (Lipinski definition) is 1. The summed E-state index contributed by atoms with van der Waals surface area (Å²) in [6.07, 6.45) is 0. The van der Waals surface area contributed by atoms with Gasteiger partial charge < -0.3 is 5.32 Å². The Balaban J connectivity index is 2.94. The Morgan fingerprint density at radius 1 is 1.24 bits per heavy atom. The van der Waals surface area contributed by atoms with Gasteiger partial charge in [0.25, 0.3) is 0 Å². The Bertz CT molecular complexity index is 464. The lowest BCUT2D eigenvalue weighted by Gasteiger charge is -2.31. The molecule has 0 heterocycles. The van der Waals surface area contributed by atoms with Crippen molar-refractivity contribution in [2.45, 2.75) is 40.7 Å². The fraction of sp³-hybridized carbons (Fsp3) is 0.588. The van der Waals surface area contributed by atoms with Crippen LogP contribution in [0.3, 0.4) is 0 Å². The molecule has 0 saturated carbocycles. The molecule has 0 aromatic heterocycles. The predicted molar refractivity (Wildman–Crippen MR) is 89.6 cm³/mol. The quantitative estimate of drug-likeness (QED) is 0.864. The maximum absolute atomic E-state index is 12.1. The van der Waals surface area contributed by atoms with Crippen molar-refractivity contribution in [2.75, 3.05) is 19.6 Å². The number of rotatable bonds is 6. The molecule has 1 rings (SSSR count). The highest BCUT2D eigenvalue weighted by Gasteiger charge is 2.25. The van der Waals surface area contributed by atoms with E-state index in [-0.39, 0.29) is 17.4 Å². The molecule has 0 saturated heterocycles. The minimum absolute atomic E-state index is 0.0618. The molecule has 3 nitrogen and oxygen atoms in total. The number of likely N-dealkylation sites (N-methyl/N-ethyl adjacent to an activating group) is 1. The molecule has 1 N–H and O–H groups in total. The Kier molecular flexibility index (Phi) is 6.69. The number of hydrogen-bond acceptors (Lipinski definition) is 2. The molecule has 4 heteroatoms. The number of nitrogens with one attached hydrogen (secondary N) is 1. The highest BCUT2D eigenvalue weighted by atomic mass is 35.5. The van der Waals surface area contributed by atoms with Crippen molar-refractivity contribution in [1.82, 2.24) is 10.2 Å². The van der Waals surface area contributed by atoms with Crippen LogP contribution in [-0.4, -0.2) is 30.4 Å². The molecule has 21 heavy (non-hydrogen) atoms. The number of nitrogens with zero attached hydrogens (tertiary/aromatic N) is 1. The van der Waals surface area contributed by atoms with Gasteiger partial charge in [0.05, 0.1) is 6.04 Å². The standard InChI is InChI=1S/C17H27ClN2O/c1-6-20(7-2)15(12-19-16(21)17(3,4)5)13-10-8-9-11-14(13)18/h8-11,15H,6-7,12H2,1-5H3,(H,19,21). The van der Waals surface area contributed by atoms with E-state index in [9.17, 15) is 4.79 Å². The van der Waals surface area contributed by atoms with E-state index < -0.39 is 0 Å². The van der Waals surface area contributed by atoms with Crippen molar-refractivity contribution < 1.29 is 4.79 Å². The van der Waals surface area contributed by atoms with Crippen LogP contribution in [0.5, 0.6) is 0 Å². The highest BCUT2D eigenvalue weighted by Crippen LogP contribution is 2.27. The van der Waals surface area contributed by atoms with Crippen molar-refractivity contribution in [3.05, 3.63) is 34.9 Å². The zero-order valence-corrected chi connectivity index (χ0v) is 14.5. The highest BCUT2D eigenvalue weighted by molar-refractivity contribution is 6.31. The van der Waals surface area contributed by atoms with Gasteiger partial charge in [-0.1, -0.05) is 64.4 Å². The van der Waals surface area contributed by atoms with Crippen LogP contribution in [-0.2, 0) is 4.79 Å². The molecule has 0 aliphatic carbocycles. The monoisotopic (exact) mass is 310 g/mol. The summed E-state index contributed by atoms with van der Waals surface area (Å²) in [7, 11) is 0. The molecule has 0 spiro atoms. The first-order chi connectivity index (χ1) is 9.81. The van der Waals surface area contributed by atoms with E-state index in [2.05, 4.69) is 24.1 Å². The van der Waals surface area contributed by atoms with Crippen LogP contribution < -0.4 is 5.32 Å². The summed E-state index contributed by atoms with van der Waals surface area (Å²) >= 11 is 6.34. The number of benzene rings is 1. The van der Waals surface area contributed by atoms with Crippen LogP contribution in [0.4, 0.5) is 0 Å². The average molecular weight is 311 g/mol. The fourth-order valence-corrected chi connectivity index (χ4v) is 2.56. The molecule has 1 aromatic rings. The normalized spacial score (nSPS) is 13.3. The smallest absolute Gasteiger partial charge is 0.225 e. The lowest BCUT2D eigenvalue weighted by molar-refractivity contribution is -0.128. The summed E-state index contributed by atoms with van der Waals surface area (Å²) in [4.78, 5) is 14.4. The van der Waals surface area contributed by atoms with Crippen LogP contribution in [0, 0.1) is 5.41 Å². The van der Waals surface area contributed by atoms with E-state index in [1.165, 1.54) is 0 Å². The Morgan fingerprint density at radius 2 is 1.81 bits per heavy atom. The van der Waals surface area contributed by atoms with E-state index in [0.717, 1.165) is 23.7 Å². The molecule has 0 aliphatic rings. The van der Waals surface area contributed by atoms with Crippen molar-refractivity contribution in [2.24, 2.45) is 5.41 Å². The van der Waals surface area contributed by atoms with Crippen LogP contribution in [0.2, 0.25) is 5.02 Å².